The molecule has 1 atom stereocenters. The summed E-state index contributed by atoms with van der Waals surface area (Å²) in [5, 5.41) is 11.2. The molecule has 1 amide bonds. The second-order valence-electron chi connectivity index (χ2n) is 8.27. The third kappa shape index (κ3) is 5.42. The highest BCUT2D eigenvalue weighted by atomic mass is 19.1. The second kappa shape index (κ2) is 10.6. The van der Waals surface area contributed by atoms with Crippen LogP contribution in [-0.2, 0) is 9.59 Å². The van der Waals surface area contributed by atoms with E-state index >= 15 is 0 Å². The van der Waals surface area contributed by atoms with Crippen molar-refractivity contribution in [3.05, 3.63) is 71.0 Å². The maximum atomic E-state index is 13.6. The number of rotatable bonds is 9. The largest absolute Gasteiger partial charge is 0.507 e. The SMILES string of the molecule is CCN(CC)CCN1C(=O)C(=O)/C(=C(\O)c2cccc(OC(C)C)c2)C1c1ccc(F)cc1. The van der Waals surface area contributed by atoms with Gasteiger partial charge in [0.1, 0.15) is 17.3 Å². The first kappa shape index (κ1) is 24.5. The number of amides is 1. The topological polar surface area (TPSA) is 70.1 Å². The van der Waals surface area contributed by atoms with Crippen LogP contribution in [0.3, 0.4) is 0 Å². The fraction of sp³-hybridized carbons (Fsp3) is 0.385. The number of ketones is 1. The van der Waals surface area contributed by atoms with E-state index in [1.165, 1.54) is 17.0 Å². The minimum atomic E-state index is -0.809. The molecule has 0 aliphatic carbocycles. The Morgan fingerprint density at radius 2 is 1.79 bits per heavy atom. The quantitative estimate of drug-likeness (QED) is 0.346. The zero-order chi connectivity index (χ0) is 24.1. The first-order valence-corrected chi connectivity index (χ1v) is 11.3. The van der Waals surface area contributed by atoms with Crippen molar-refractivity contribution in [3.8, 4) is 5.75 Å². The molecule has 0 radical (unpaired) electrons. The van der Waals surface area contributed by atoms with Crippen molar-refractivity contribution in [2.24, 2.45) is 0 Å². The van der Waals surface area contributed by atoms with Crippen molar-refractivity contribution in [2.45, 2.75) is 39.8 Å². The lowest BCUT2D eigenvalue weighted by Crippen LogP contribution is -2.38. The molecule has 0 saturated carbocycles. The second-order valence-corrected chi connectivity index (χ2v) is 8.27. The molecule has 1 saturated heterocycles. The summed E-state index contributed by atoms with van der Waals surface area (Å²) in [6, 6.07) is 11.6. The standard InChI is InChI=1S/C26H31FN2O4/c1-5-28(6-2)14-15-29-23(18-10-12-20(27)13-11-18)22(25(31)26(29)32)24(30)19-8-7-9-21(16-19)33-17(3)4/h7-13,16-17,23,30H,5-6,14-15H2,1-4H3/b24-22-. The van der Waals surface area contributed by atoms with Crippen molar-refractivity contribution in [1.82, 2.24) is 9.80 Å². The molecule has 0 bridgehead atoms. The van der Waals surface area contributed by atoms with E-state index in [-0.39, 0.29) is 17.4 Å². The Hall–Kier alpha value is -3.19. The van der Waals surface area contributed by atoms with Gasteiger partial charge in [0.05, 0.1) is 17.7 Å². The fourth-order valence-electron chi connectivity index (χ4n) is 4.04. The maximum absolute atomic E-state index is 13.6. The highest BCUT2D eigenvalue weighted by molar-refractivity contribution is 6.46. The van der Waals surface area contributed by atoms with E-state index in [9.17, 15) is 19.1 Å². The number of carbonyl (C=O) groups is 2. The summed E-state index contributed by atoms with van der Waals surface area (Å²) in [6.07, 6.45) is -0.0627. The first-order valence-electron chi connectivity index (χ1n) is 11.3. The van der Waals surface area contributed by atoms with E-state index in [1.54, 1.807) is 36.4 Å². The number of aliphatic hydroxyl groups is 1. The average Bonchev–Trinajstić information content (AvgIpc) is 3.04. The number of likely N-dealkylation sites (tertiary alicyclic amines) is 1. The van der Waals surface area contributed by atoms with E-state index < -0.39 is 23.5 Å². The summed E-state index contributed by atoms with van der Waals surface area (Å²) >= 11 is 0. The van der Waals surface area contributed by atoms with Gasteiger partial charge in [-0.05, 0) is 56.8 Å². The molecular weight excluding hydrogens is 423 g/mol. The number of hydrogen-bond donors (Lipinski definition) is 1. The van der Waals surface area contributed by atoms with Gasteiger partial charge in [-0.2, -0.15) is 0 Å². The normalized spacial score (nSPS) is 17.9. The summed E-state index contributed by atoms with van der Waals surface area (Å²) in [7, 11) is 0. The lowest BCUT2D eigenvalue weighted by Gasteiger charge is -2.28. The number of hydrogen-bond acceptors (Lipinski definition) is 5. The van der Waals surface area contributed by atoms with Gasteiger partial charge in [-0.1, -0.05) is 38.1 Å². The van der Waals surface area contributed by atoms with Crippen molar-refractivity contribution in [1.29, 1.82) is 0 Å². The minimum Gasteiger partial charge on any atom is -0.507 e. The van der Waals surface area contributed by atoms with Crippen molar-refractivity contribution < 1.29 is 23.8 Å². The van der Waals surface area contributed by atoms with Crippen LogP contribution in [0.2, 0.25) is 0 Å². The summed E-state index contributed by atoms with van der Waals surface area (Å²) in [4.78, 5) is 29.7. The lowest BCUT2D eigenvalue weighted by molar-refractivity contribution is -0.140. The molecule has 6 nitrogen and oxygen atoms in total. The Balaban J connectivity index is 2.08. The van der Waals surface area contributed by atoms with Crippen LogP contribution >= 0.6 is 0 Å². The fourth-order valence-corrected chi connectivity index (χ4v) is 4.04. The van der Waals surface area contributed by atoms with Crippen LogP contribution in [0.4, 0.5) is 4.39 Å². The predicted molar refractivity (Wildman–Crippen MR) is 125 cm³/mol. The minimum absolute atomic E-state index is 0.00662. The molecule has 1 unspecified atom stereocenters. The third-order valence-electron chi connectivity index (χ3n) is 5.76. The van der Waals surface area contributed by atoms with Crippen LogP contribution in [0.15, 0.2) is 54.1 Å². The molecule has 33 heavy (non-hydrogen) atoms. The number of nitrogens with zero attached hydrogens (tertiary/aromatic N) is 2. The molecule has 1 fully saturated rings. The summed E-state index contributed by atoms with van der Waals surface area (Å²) in [6.45, 7) is 10.3. The Kier molecular flexibility index (Phi) is 7.87. The smallest absolute Gasteiger partial charge is 0.295 e. The van der Waals surface area contributed by atoms with Crippen molar-refractivity contribution in [2.75, 3.05) is 26.2 Å². The molecule has 176 valence electrons. The van der Waals surface area contributed by atoms with E-state index in [1.807, 2.05) is 27.7 Å². The van der Waals surface area contributed by atoms with E-state index in [0.29, 0.717) is 30.0 Å². The van der Waals surface area contributed by atoms with Crippen LogP contribution in [0.25, 0.3) is 5.76 Å². The van der Waals surface area contributed by atoms with Gasteiger partial charge in [0.2, 0.25) is 0 Å². The monoisotopic (exact) mass is 454 g/mol. The van der Waals surface area contributed by atoms with Gasteiger partial charge in [-0.15, -0.1) is 0 Å². The van der Waals surface area contributed by atoms with E-state index in [0.717, 1.165) is 13.1 Å². The summed E-state index contributed by atoms with van der Waals surface area (Å²) < 4.78 is 19.3. The number of carbonyl (C=O) groups excluding carboxylic acids is 2. The number of Topliss-reactive ketones (excluding diaryl/α,β-unsaturated/α-hetero) is 1. The highest BCUT2D eigenvalue weighted by Crippen LogP contribution is 2.39. The Bertz CT molecular complexity index is 1030. The molecule has 1 N–H and O–H groups in total. The van der Waals surface area contributed by atoms with Crippen LogP contribution in [0, 0.1) is 5.82 Å². The number of halogens is 1. The highest BCUT2D eigenvalue weighted by Gasteiger charge is 2.46. The molecule has 2 aromatic carbocycles. The third-order valence-corrected chi connectivity index (χ3v) is 5.76. The summed E-state index contributed by atoms with van der Waals surface area (Å²) in [5.74, 6) is -1.58. The number of aliphatic hydroxyl groups excluding tert-OH is 1. The van der Waals surface area contributed by atoms with Crippen LogP contribution < -0.4 is 4.74 Å². The number of ether oxygens (including phenoxy) is 1. The van der Waals surface area contributed by atoms with Gasteiger partial charge in [0, 0.05) is 18.7 Å². The predicted octanol–water partition coefficient (Wildman–Crippen LogP) is 4.38. The van der Waals surface area contributed by atoms with Gasteiger partial charge >= 0.3 is 0 Å². The molecule has 7 heteroatoms. The molecule has 3 rings (SSSR count). The van der Waals surface area contributed by atoms with Gasteiger partial charge in [0.25, 0.3) is 11.7 Å². The molecule has 1 aliphatic heterocycles. The van der Waals surface area contributed by atoms with Gasteiger partial charge in [0.15, 0.2) is 0 Å². The molecular formula is C26H31FN2O4. The average molecular weight is 455 g/mol. The first-order chi connectivity index (χ1) is 15.8. The Morgan fingerprint density at radius 3 is 2.39 bits per heavy atom. The zero-order valence-electron chi connectivity index (χ0n) is 19.5. The van der Waals surface area contributed by atoms with Gasteiger partial charge < -0.3 is 19.6 Å². The van der Waals surface area contributed by atoms with Gasteiger partial charge in [-0.25, -0.2) is 4.39 Å². The van der Waals surface area contributed by atoms with E-state index in [4.69, 9.17) is 4.74 Å². The molecule has 1 heterocycles. The van der Waals surface area contributed by atoms with Crippen LogP contribution in [0.1, 0.15) is 44.9 Å². The molecule has 0 spiro atoms. The van der Waals surface area contributed by atoms with Crippen molar-refractivity contribution in [3.63, 3.8) is 0 Å². The maximum Gasteiger partial charge on any atom is 0.295 e. The Morgan fingerprint density at radius 1 is 1.12 bits per heavy atom. The molecule has 2 aromatic rings. The van der Waals surface area contributed by atoms with Crippen LogP contribution in [-0.4, -0.2) is 58.9 Å². The molecule has 1 aliphatic rings. The zero-order valence-corrected chi connectivity index (χ0v) is 19.5. The van der Waals surface area contributed by atoms with Crippen molar-refractivity contribution >= 4 is 17.4 Å². The van der Waals surface area contributed by atoms with Gasteiger partial charge in [-0.3, -0.25) is 9.59 Å². The summed E-state index contributed by atoms with van der Waals surface area (Å²) in [5.41, 5.74) is 0.932. The number of benzene rings is 2. The van der Waals surface area contributed by atoms with Crippen LogP contribution in [0.5, 0.6) is 5.75 Å². The molecule has 0 aromatic heterocycles. The van der Waals surface area contributed by atoms with E-state index in [2.05, 4.69) is 4.90 Å². The Labute approximate surface area is 194 Å². The number of likely N-dealkylation sites (N-methyl/N-ethyl adjacent to an activating group) is 1. The lowest BCUT2D eigenvalue weighted by atomic mass is 9.95.